The zero-order chi connectivity index (χ0) is 15.2. The highest BCUT2D eigenvalue weighted by Crippen LogP contribution is 2.26. The molecule has 3 atom stereocenters. The molecule has 0 spiro atoms. The van der Waals surface area contributed by atoms with E-state index in [2.05, 4.69) is 62.2 Å². The van der Waals surface area contributed by atoms with Crippen molar-refractivity contribution in [2.24, 2.45) is 5.92 Å². The fourth-order valence-corrected chi connectivity index (χ4v) is 3.62. The summed E-state index contributed by atoms with van der Waals surface area (Å²) in [5, 5.41) is 3.68. The Hall–Kier alpha value is -0.860. The maximum atomic E-state index is 3.68. The highest BCUT2D eigenvalue weighted by atomic mass is 15.2. The molecule has 2 rings (SSSR count). The first-order valence-electron chi connectivity index (χ1n) is 8.66. The Morgan fingerprint density at radius 2 is 2.05 bits per heavy atom. The average Bonchev–Trinajstić information content (AvgIpc) is 2.48. The lowest BCUT2D eigenvalue weighted by Gasteiger charge is -2.38. The van der Waals surface area contributed by atoms with Crippen LogP contribution in [0.15, 0.2) is 24.3 Å². The largest absolute Gasteiger partial charge is 0.310 e. The van der Waals surface area contributed by atoms with E-state index < -0.39 is 0 Å². The van der Waals surface area contributed by atoms with Gasteiger partial charge in [-0.1, -0.05) is 38.1 Å². The summed E-state index contributed by atoms with van der Waals surface area (Å²) < 4.78 is 0. The fourth-order valence-electron chi connectivity index (χ4n) is 3.62. The smallest absolute Gasteiger partial charge is 0.0334 e. The Balaban J connectivity index is 1.99. The average molecular weight is 288 g/mol. The molecule has 2 nitrogen and oxygen atoms in total. The summed E-state index contributed by atoms with van der Waals surface area (Å²) in [6.45, 7) is 12.8. The minimum absolute atomic E-state index is 0.487. The zero-order valence-corrected chi connectivity index (χ0v) is 14.2. The monoisotopic (exact) mass is 288 g/mol. The molecular formula is C19H32N2. The lowest BCUT2D eigenvalue weighted by molar-refractivity contribution is 0.109. The van der Waals surface area contributed by atoms with Gasteiger partial charge in [-0.2, -0.15) is 0 Å². The van der Waals surface area contributed by atoms with Crippen LogP contribution in [0.2, 0.25) is 0 Å². The minimum atomic E-state index is 0.487. The number of aryl methyl sites for hydroxylation is 1. The van der Waals surface area contributed by atoms with Crippen LogP contribution in [0, 0.1) is 12.8 Å². The van der Waals surface area contributed by atoms with E-state index in [0.717, 1.165) is 18.5 Å². The molecule has 21 heavy (non-hydrogen) atoms. The summed E-state index contributed by atoms with van der Waals surface area (Å²) in [6, 6.07) is 10.0. The molecule has 1 aliphatic heterocycles. The molecule has 1 aromatic rings. The van der Waals surface area contributed by atoms with Crippen molar-refractivity contribution in [1.82, 2.24) is 10.2 Å². The number of benzene rings is 1. The van der Waals surface area contributed by atoms with Crippen molar-refractivity contribution in [2.45, 2.75) is 59.0 Å². The normalized spacial score (nSPS) is 25.0. The number of nitrogens with zero attached hydrogens (tertiary/aromatic N) is 1. The van der Waals surface area contributed by atoms with Gasteiger partial charge in [0.25, 0.3) is 0 Å². The van der Waals surface area contributed by atoms with Gasteiger partial charge in [-0.25, -0.2) is 0 Å². The molecule has 0 amide bonds. The second-order valence-corrected chi connectivity index (χ2v) is 6.65. The molecular weight excluding hydrogens is 256 g/mol. The van der Waals surface area contributed by atoms with Crippen molar-refractivity contribution >= 4 is 0 Å². The van der Waals surface area contributed by atoms with Crippen molar-refractivity contribution < 1.29 is 0 Å². The number of nitrogens with one attached hydrogen (secondary N) is 1. The topological polar surface area (TPSA) is 15.3 Å². The number of hydrogen-bond donors (Lipinski definition) is 1. The fraction of sp³-hybridized carbons (Fsp3) is 0.684. The van der Waals surface area contributed by atoms with Gasteiger partial charge in [0.1, 0.15) is 0 Å². The Morgan fingerprint density at radius 1 is 1.29 bits per heavy atom. The van der Waals surface area contributed by atoms with Crippen molar-refractivity contribution in [1.29, 1.82) is 0 Å². The Bertz CT molecular complexity index is 429. The van der Waals surface area contributed by atoms with Gasteiger partial charge < -0.3 is 10.2 Å². The standard InChI is InChI=1S/C19H32N2/c1-5-20-19(18-11-7-6-9-16(18)3)12-14-21-13-8-10-15(2)17(21)4/h6-7,9,11,15,17,19-20H,5,8,10,12-14H2,1-4H3. The molecule has 0 radical (unpaired) electrons. The first-order valence-corrected chi connectivity index (χ1v) is 8.66. The second-order valence-electron chi connectivity index (χ2n) is 6.65. The number of rotatable bonds is 6. The summed E-state index contributed by atoms with van der Waals surface area (Å²) in [5.74, 6) is 0.842. The van der Waals surface area contributed by atoms with Crippen LogP contribution in [0.3, 0.4) is 0 Å². The van der Waals surface area contributed by atoms with Crippen LogP contribution in [0.5, 0.6) is 0 Å². The molecule has 0 saturated carbocycles. The van der Waals surface area contributed by atoms with E-state index in [0.29, 0.717) is 6.04 Å². The maximum absolute atomic E-state index is 3.68. The summed E-state index contributed by atoms with van der Waals surface area (Å²) in [6.07, 6.45) is 3.96. The van der Waals surface area contributed by atoms with Crippen molar-refractivity contribution in [2.75, 3.05) is 19.6 Å². The quantitative estimate of drug-likeness (QED) is 0.845. The van der Waals surface area contributed by atoms with Gasteiger partial charge in [0.15, 0.2) is 0 Å². The van der Waals surface area contributed by atoms with Crippen LogP contribution >= 0.6 is 0 Å². The number of hydrogen-bond acceptors (Lipinski definition) is 2. The van der Waals surface area contributed by atoms with Crippen LogP contribution in [0.25, 0.3) is 0 Å². The van der Waals surface area contributed by atoms with Crippen LogP contribution in [0.1, 0.15) is 57.2 Å². The molecule has 1 saturated heterocycles. The molecule has 1 aromatic carbocycles. The highest BCUT2D eigenvalue weighted by Gasteiger charge is 2.25. The van der Waals surface area contributed by atoms with Crippen LogP contribution < -0.4 is 5.32 Å². The highest BCUT2D eigenvalue weighted by molar-refractivity contribution is 5.28. The van der Waals surface area contributed by atoms with E-state index in [-0.39, 0.29) is 0 Å². The lowest BCUT2D eigenvalue weighted by atomic mass is 9.91. The van der Waals surface area contributed by atoms with E-state index in [1.165, 1.54) is 43.5 Å². The van der Waals surface area contributed by atoms with Crippen molar-refractivity contribution in [3.05, 3.63) is 35.4 Å². The Morgan fingerprint density at radius 3 is 2.76 bits per heavy atom. The van der Waals surface area contributed by atoms with E-state index in [9.17, 15) is 0 Å². The van der Waals surface area contributed by atoms with Crippen molar-refractivity contribution in [3.63, 3.8) is 0 Å². The van der Waals surface area contributed by atoms with Gasteiger partial charge in [0.2, 0.25) is 0 Å². The van der Waals surface area contributed by atoms with Gasteiger partial charge in [0.05, 0.1) is 0 Å². The molecule has 3 unspecified atom stereocenters. The summed E-state index contributed by atoms with van der Waals surface area (Å²) in [7, 11) is 0. The molecule has 0 aliphatic carbocycles. The predicted molar refractivity (Wildman–Crippen MR) is 91.6 cm³/mol. The maximum Gasteiger partial charge on any atom is 0.0334 e. The first kappa shape index (κ1) is 16.5. The summed E-state index contributed by atoms with van der Waals surface area (Å²) >= 11 is 0. The molecule has 0 bridgehead atoms. The third-order valence-electron chi connectivity index (χ3n) is 5.22. The third-order valence-corrected chi connectivity index (χ3v) is 5.22. The third kappa shape index (κ3) is 4.31. The van der Waals surface area contributed by atoms with Gasteiger partial charge in [-0.05, 0) is 63.2 Å². The molecule has 118 valence electrons. The molecule has 1 aliphatic rings. The van der Waals surface area contributed by atoms with Gasteiger partial charge in [-0.15, -0.1) is 0 Å². The predicted octanol–water partition coefficient (Wildman–Crippen LogP) is 4.16. The van der Waals surface area contributed by atoms with Crippen LogP contribution in [0.4, 0.5) is 0 Å². The van der Waals surface area contributed by atoms with E-state index in [1.54, 1.807) is 0 Å². The lowest BCUT2D eigenvalue weighted by Crippen LogP contribution is -2.43. The molecule has 1 fully saturated rings. The molecule has 0 aromatic heterocycles. The Kier molecular flexibility index (Phi) is 6.25. The molecule has 1 N–H and O–H groups in total. The van der Waals surface area contributed by atoms with Gasteiger partial charge >= 0.3 is 0 Å². The van der Waals surface area contributed by atoms with E-state index >= 15 is 0 Å². The van der Waals surface area contributed by atoms with Crippen LogP contribution in [-0.4, -0.2) is 30.6 Å². The first-order chi connectivity index (χ1) is 10.1. The summed E-state index contributed by atoms with van der Waals surface area (Å²) in [4.78, 5) is 2.69. The van der Waals surface area contributed by atoms with Crippen LogP contribution in [-0.2, 0) is 0 Å². The summed E-state index contributed by atoms with van der Waals surface area (Å²) in [5.41, 5.74) is 2.88. The second kappa shape index (κ2) is 7.95. The molecule has 2 heteroatoms. The zero-order valence-electron chi connectivity index (χ0n) is 14.2. The Labute approximate surface area is 130 Å². The molecule has 1 heterocycles. The number of piperidine rings is 1. The van der Waals surface area contributed by atoms with Gasteiger partial charge in [-0.3, -0.25) is 0 Å². The van der Waals surface area contributed by atoms with Crippen molar-refractivity contribution in [3.8, 4) is 0 Å². The van der Waals surface area contributed by atoms with E-state index in [1.807, 2.05) is 0 Å². The SMILES string of the molecule is CCNC(CCN1CCCC(C)C1C)c1ccccc1C. The van der Waals surface area contributed by atoms with E-state index in [4.69, 9.17) is 0 Å². The minimum Gasteiger partial charge on any atom is -0.310 e. The van der Waals surface area contributed by atoms with Gasteiger partial charge in [0, 0.05) is 18.6 Å². The number of likely N-dealkylation sites (tertiary alicyclic amines) is 1.